The fourth-order valence-electron chi connectivity index (χ4n) is 4.03. The van der Waals surface area contributed by atoms with Gasteiger partial charge in [-0.15, -0.1) is 0 Å². The summed E-state index contributed by atoms with van der Waals surface area (Å²) < 4.78 is 18.5. The Bertz CT molecular complexity index is 1570. The van der Waals surface area contributed by atoms with Crippen molar-refractivity contribution in [3.63, 3.8) is 0 Å². The van der Waals surface area contributed by atoms with Crippen LogP contribution < -0.4 is 24.4 Å². The van der Waals surface area contributed by atoms with E-state index in [0.29, 0.717) is 48.6 Å². The van der Waals surface area contributed by atoms with Crippen LogP contribution in [0, 0.1) is 11.3 Å². The van der Waals surface area contributed by atoms with Gasteiger partial charge in [0, 0.05) is 0 Å². The van der Waals surface area contributed by atoms with Gasteiger partial charge in [-0.05, 0) is 51.7 Å². The third-order valence-electron chi connectivity index (χ3n) is 5.60. The van der Waals surface area contributed by atoms with E-state index in [4.69, 9.17) is 19.5 Å². The number of thiazole rings is 1. The summed E-state index contributed by atoms with van der Waals surface area (Å²) >= 11 is 4.70. The first kappa shape index (κ1) is 25.4. The number of halogens is 1. The summed E-state index contributed by atoms with van der Waals surface area (Å²) in [5.41, 5.74) is 2.15. The highest BCUT2D eigenvalue weighted by Gasteiger charge is 2.33. The van der Waals surface area contributed by atoms with E-state index in [1.807, 2.05) is 43.3 Å². The van der Waals surface area contributed by atoms with E-state index in [1.54, 1.807) is 22.8 Å². The average molecular weight is 568 g/mol. The maximum Gasteiger partial charge on any atom is 0.338 e. The predicted octanol–water partition coefficient (Wildman–Crippen LogP) is 3.47. The van der Waals surface area contributed by atoms with Crippen molar-refractivity contribution in [2.45, 2.75) is 19.4 Å². The molecule has 0 saturated carbocycles. The zero-order valence-electron chi connectivity index (χ0n) is 19.8. The molecule has 0 radical (unpaired) electrons. The molecule has 184 valence electrons. The molecule has 1 aliphatic rings. The van der Waals surface area contributed by atoms with Crippen LogP contribution in [0.1, 0.15) is 30.5 Å². The van der Waals surface area contributed by atoms with Gasteiger partial charge in [0.1, 0.15) is 6.07 Å². The topological polar surface area (TPSA) is 103 Å². The Morgan fingerprint density at radius 2 is 2.03 bits per heavy atom. The molecule has 2 heterocycles. The Labute approximate surface area is 219 Å². The molecule has 0 unspecified atom stereocenters. The lowest BCUT2D eigenvalue weighted by molar-refractivity contribution is -0.136. The minimum Gasteiger partial charge on any atom is -0.493 e. The van der Waals surface area contributed by atoms with Crippen molar-refractivity contribution < 1.29 is 19.0 Å². The third-order valence-corrected chi connectivity index (χ3v) is 7.17. The average Bonchev–Trinajstić information content (AvgIpc) is 3.20. The number of allylic oxidation sites excluding steroid dienone is 1. The molecule has 36 heavy (non-hydrogen) atoms. The van der Waals surface area contributed by atoms with Crippen LogP contribution in [0.15, 0.2) is 68.0 Å². The predicted molar refractivity (Wildman–Crippen MR) is 139 cm³/mol. The highest BCUT2D eigenvalue weighted by molar-refractivity contribution is 9.10. The van der Waals surface area contributed by atoms with Gasteiger partial charge in [-0.2, -0.15) is 5.26 Å². The number of nitrogens with zero attached hydrogens (tertiary/aromatic N) is 3. The number of rotatable bonds is 7. The highest BCUT2D eigenvalue weighted by atomic mass is 79.9. The van der Waals surface area contributed by atoms with Gasteiger partial charge in [0.15, 0.2) is 22.9 Å². The Kier molecular flexibility index (Phi) is 7.72. The van der Waals surface area contributed by atoms with E-state index in [9.17, 15) is 9.59 Å². The molecule has 0 aliphatic carbocycles. The number of carbonyl (C=O) groups is 1. The summed E-state index contributed by atoms with van der Waals surface area (Å²) in [6.45, 7) is 1.78. The molecule has 2 aromatic carbocycles. The molecule has 1 atom stereocenters. The van der Waals surface area contributed by atoms with Gasteiger partial charge in [0.2, 0.25) is 0 Å². The van der Waals surface area contributed by atoms with Crippen LogP contribution in [-0.4, -0.2) is 31.4 Å². The summed E-state index contributed by atoms with van der Waals surface area (Å²) in [7, 11) is 2.82. The zero-order valence-corrected chi connectivity index (χ0v) is 22.2. The normalized spacial score (nSPS) is 15.1. The summed E-state index contributed by atoms with van der Waals surface area (Å²) in [5, 5.41) is 8.84. The number of nitriles is 1. The number of esters is 1. The van der Waals surface area contributed by atoms with E-state index < -0.39 is 12.0 Å². The summed E-state index contributed by atoms with van der Waals surface area (Å²) in [6, 6.07) is 14.1. The summed E-state index contributed by atoms with van der Waals surface area (Å²) in [5.74, 6) is 0.305. The van der Waals surface area contributed by atoms with Crippen molar-refractivity contribution >= 4 is 39.3 Å². The standard InChI is InChI=1S/C26H22BrN3O5S/c1-4-18-21(25(32)34-3)22(16-8-6-5-7-9-16)30-24(31)20(36-26(30)29-18)14-15-12-17(27)23(35-11-10-28)19(13-15)33-2/h5-9,12-14,22H,4,11H2,1-3H3/b20-14-/t22-/m0/s1. The number of benzene rings is 2. The molecule has 10 heteroatoms. The van der Waals surface area contributed by atoms with Crippen LogP contribution in [0.3, 0.4) is 0 Å². The van der Waals surface area contributed by atoms with Crippen molar-refractivity contribution in [2.75, 3.05) is 20.8 Å². The Balaban J connectivity index is 1.93. The largest absolute Gasteiger partial charge is 0.493 e. The van der Waals surface area contributed by atoms with E-state index >= 15 is 0 Å². The zero-order chi connectivity index (χ0) is 25.8. The lowest BCUT2D eigenvalue weighted by atomic mass is 9.95. The SMILES string of the molecule is CCC1=C(C(=O)OC)[C@H](c2ccccc2)n2c(s/c(=C\c3cc(Br)c(OCC#N)c(OC)c3)c2=O)=N1. The van der Waals surface area contributed by atoms with Crippen molar-refractivity contribution in [1.29, 1.82) is 5.26 Å². The number of hydrogen-bond donors (Lipinski definition) is 0. The smallest absolute Gasteiger partial charge is 0.338 e. The van der Waals surface area contributed by atoms with Gasteiger partial charge in [0.05, 0.1) is 40.5 Å². The van der Waals surface area contributed by atoms with Crippen LogP contribution in [0.2, 0.25) is 0 Å². The minimum atomic E-state index is -0.657. The van der Waals surface area contributed by atoms with Crippen LogP contribution in [0.25, 0.3) is 6.08 Å². The molecule has 1 aliphatic heterocycles. The first-order valence-corrected chi connectivity index (χ1v) is 12.6. The third kappa shape index (κ3) is 4.72. The molecule has 0 spiro atoms. The maximum atomic E-state index is 13.7. The van der Waals surface area contributed by atoms with Gasteiger partial charge >= 0.3 is 5.97 Å². The second kappa shape index (κ2) is 10.9. The van der Waals surface area contributed by atoms with Crippen LogP contribution >= 0.6 is 27.3 Å². The molecule has 0 N–H and O–H groups in total. The number of fused-ring (bicyclic) bond motifs is 1. The molecule has 0 bridgehead atoms. The van der Waals surface area contributed by atoms with Crippen molar-refractivity contribution in [2.24, 2.45) is 4.99 Å². The minimum absolute atomic E-state index is 0.130. The highest BCUT2D eigenvalue weighted by Crippen LogP contribution is 2.37. The molecular formula is C26H22BrN3O5S. The molecule has 4 rings (SSSR count). The molecular weight excluding hydrogens is 546 g/mol. The van der Waals surface area contributed by atoms with Crippen LogP contribution in [0.4, 0.5) is 0 Å². The molecule has 3 aromatic rings. The van der Waals surface area contributed by atoms with Gasteiger partial charge in [0.25, 0.3) is 5.56 Å². The van der Waals surface area contributed by atoms with E-state index in [1.165, 1.54) is 25.6 Å². The monoisotopic (exact) mass is 567 g/mol. The Morgan fingerprint density at radius 3 is 2.67 bits per heavy atom. The molecule has 8 nitrogen and oxygen atoms in total. The molecule has 0 fully saturated rings. The van der Waals surface area contributed by atoms with E-state index in [2.05, 4.69) is 20.9 Å². The first-order valence-electron chi connectivity index (χ1n) is 11.0. The van der Waals surface area contributed by atoms with Gasteiger partial charge in [-0.1, -0.05) is 48.6 Å². The van der Waals surface area contributed by atoms with Crippen molar-refractivity contribution in [3.05, 3.63) is 89.0 Å². The van der Waals surface area contributed by atoms with Gasteiger partial charge in [-0.25, -0.2) is 9.79 Å². The number of aromatic nitrogens is 1. The van der Waals surface area contributed by atoms with Crippen LogP contribution in [-0.2, 0) is 9.53 Å². The quantitative estimate of drug-likeness (QED) is 0.405. The number of ether oxygens (including phenoxy) is 3. The van der Waals surface area contributed by atoms with Gasteiger partial charge < -0.3 is 14.2 Å². The fourth-order valence-corrected chi connectivity index (χ4v) is 5.63. The number of carbonyl (C=O) groups excluding carboxylic acids is 1. The second-order valence-corrected chi connectivity index (χ2v) is 9.54. The maximum absolute atomic E-state index is 13.7. The van der Waals surface area contributed by atoms with Gasteiger partial charge in [-0.3, -0.25) is 9.36 Å². The van der Waals surface area contributed by atoms with Crippen molar-refractivity contribution in [1.82, 2.24) is 4.57 Å². The summed E-state index contributed by atoms with van der Waals surface area (Å²) in [4.78, 5) is 31.7. The van der Waals surface area contributed by atoms with E-state index in [-0.39, 0.29) is 12.2 Å². The molecule has 0 amide bonds. The lowest BCUT2D eigenvalue weighted by Gasteiger charge is -2.25. The molecule has 1 aromatic heterocycles. The molecule has 0 saturated heterocycles. The fraction of sp³-hybridized carbons (Fsp3) is 0.231. The first-order chi connectivity index (χ1) is 17.4. The Morgan fingerprint density at radius 1 is 1.28 bits per heavy atom. The van der Waals surface area contributed by atoms with Crippen molar-refractivity contribution in [3.8, 4) is 17.6 Å². The number of hydrogen-bond acceptors (Lipinski definition) is 8. The second-order valence-electron chi connectivity index (χ2n) is 7.68. The van der Waals surface area contributed by atoms with Crippen LogP contribution in [0.5, 0.6) is 11.5 Å². The summed E-state index contributed by atoms with van der Waals surface area (Å²) in [6.07, 6.45) is 2.24. The Hall–Kier alpha value is -3.68. The number of methoxy groups -OCH3 is 2. The lowest BCUT2D eigenvalue weighted by Crippen LogP contribution is -2.40. The van der Waals surface area contributed by atoms with E-state index in [0.717, 1.165) is 5.56 Å².